The second kappa shape index (κ2) is 7.54. The van der Waals surface area contributed by atoms with Crippen LogP contribution in [0.4, 0.5) is 10.8 Å². The Morgan fingerprint density at radius 3 is 2.80 bits per heavy atom. The highest BCUT2D eigenvalue weighted by Gasteiger charge is 2.23. The Morgan fingerprint density at radius 1 is 1.28 bits per heavy atom. The summed E-state index contributed by atoms with van der Waals surface area (Å²) in [6.07, 6.45) is 1.14. The van der Waals surface area contributed by atoms with Gasteiger partial charge in [-0.25, -0.2) is 4.98 Å². The van der Waals surface area contributed by atoms with Gasteiger partial charge in [0.25, 0.3) is 11.8 Å². The molecule has 1 aromatic heterocycles. The number of thiazole rings is 1. The van der Waals surface area contributed by atoms with Crippen molar-refractivity contribution >= 4 is 39.8 Å². The lowest BCUT2D eigenvalue weighted by molar-refractivity contribution is -0.124. The number of carbonyl (C=O) groups excluding carboxylic acids is 3. The zero-order valence-corrected chi connectivity index (χ0v) is 14.4. The lowest BCUT2D eigenvalue weighted by atomic mass is 10.1. The SMILES string of the molecule is CC(=O)c1csc(NC(=O)c2cccc(NC(=O)[C@H]3CCCO3)c2)n1. The average Bonchev–Trinajstić information content (AvgIpc) is 3.27. The van der Waals surface area contributed by atoms with E-state index in [1.54, 1.807) is 29.6 Å². The van der Waals surface area contributed by atoms with Gasteiger partial charge in [-0.05, 0) is 31.0 Å². The molecular weight excluding hydrogens is 342 g/mol. The van der Waals surface area contributed by atoms with Crippen LogP contribution in [0.1, 0.15) is 40.6 Å². The van der Waals surface area contributed by atoms with Crippen molar-refractivity contribution in [3.63, 3.8) is 0 Å². The summed E-state index contributed by atoms with van der Waals surface area (Å²) in [5.41, 5.74) is 1.22. The van der Waals surface area contributed by atoms with E-state index in [9.17, 15) is 14.4 Å². The molecule has 1 aliphatic heterocycles. The number of aromatic nitrogens is 1. The second-order valence-electron chi connectivity index (χ2n) is 5.62. The fourth-order valence-electron chi connectivity index (χ4n) is 2.41. The Bertz CT molecular complexity index is 812. The third-order valence-corrected chi connectivity index (χ3v) is 4.46. The number of Topliss-reactive ketones (excluding diaryl/α,β-unsaturated/α-hetero) is 1. The number of hydrogen-bond donors (Lipinski definition) is 2. The molecule has 1 atom stereocenters. The minimum absolute atomic E-state index is 0.157. The first-order valence-corrected chi connectivity index (χ1v) is 8.71. The zero-order valence-electron chi connectivity index (χ0n) is 13.6. The van der Waals surface area contributed by atoms with Crippen LogP contribution in [0.25, 0.3) is 0 Å². The van der Waals surface area contributed by atoms with Crippen LogP contribution in [0.3, 0.4) is 0 Å². The fourth-order valence-corrected chi connectivity index (χ4v) is 3.15. The maximum Gasteiger partial charge on any atom is 0.257 e. The van der Waals surface area contributed by atoms with Gasteiger partial charge in [0, 0.05) is 30.2 Å². The van der Waals surface area contributed by atoms with Crippen molar-refractivity contribution in [1.29, 1.82) is 0 Å². The van der Waals surface area contributed by atoms with Gasteiger partial charge in [-0.2, -0.15) is 0 Å². The first-order valence-electron chi connectivity index (χ1n) is 7.83. The van der Waals surface area contributed by atoms with Crippen molar-refractivity contribution in [1.82, 2.24) is 4.98 Å². The Balaban J connectivity index is 1.66. The molecule has 7 nitrogen and oxygen atoms in total. The number of ketones is 1. The highest BCUT2D eigenvalue weighted by molar-refractivity contribution is 7.14. The number of rotatable bonds is 5. The van der Waals surface area contributed by atoms with Crippen molar-refractivity contribution in [3.8, 4) is 0 Å². The minimum atomic E-state index is -0.433. The summed E-state index contributed by atoms with van der Waals surface area (Å²) in [6, 6.07) is 6.61. The molecule has 1 saturated heterocycles. The van der Waals surface area contributed by atoms with Gasteiger partial charge in [0.15, 0.2) is 10.9 Å². The number of amides is 2. The zero-order chi connectivity index (χ0) is 17.8. The number of hydrogen-bond acceptors (Lipinski definition) is 6. The summed E-state index contributed by atoms with van der Waals surface area (Å²) in [7, 11) is 0. The van der Waals surface area contributed by atoms with Crippen LogP contribution in [0, 0.1) is 0 Å². The lowest BCUT2D eigenvalue weighted by Gasteiger charge is -2.11. The number of nitrogens with one attached hydrogen (secondary N) is 2. The van der Waals surface area contributed by atoms with Crippen LogP contribution in [-0.2, 0) is 9.53 Å². The van der Waals surface area contributed by atoms with E-state index in [0.29, 0.717) is 35.1 Å². The predicted octanol–water partition coefficient (Wildman–Crippen LogP) is 2.72. The molecule has 0 bridgehead atoms. The molecule has 3 rings (SSSR count). The molecule has 0 aliphatic carbocycles. The first-order chi connectivity index (χ1) is 12.0. The first kappa shape index (κ1) is 17.2. The smallest absolute Gasteiger partial charge is 0.257 e. The van der Waals surface area contributed by atoms with Gasteiger partial charge in [0.1, 0.15) is 11.8 Å². The van der Waals surface area contributed by atoms with Gasteiger partial charge in [-0.1, -0.05) is 6.07 Å². The van der Waals surface area contributed by atoms with Crippen LogP contribution in [0.15, 0.2) is 29.6 Å². The molecule has 25 heavy (non-hydrogen) atoms. The molecule has 1 aromatic carbocycles. The number of carbonyl (C=O) groups is 3. The van der Waals surface area contributed by atoms with Crippen LogP contribution in [-0.4, -0.2) is 35.3 Å². The summed E-state index contributed by atoms with van der Waals surface area (Å²) in [4.78, 5) is 39.7. The van der Waals surface area contributed by atoms with E-state index in [1.807, 2.05) is 0 Å². The van der Waals surface area contributed by atoms with Gasteiger partial charge < -0.3 is 10.1 Å². The molecule has 0 unspecified atom stereocenters. The number of ether oxygens (including phenoxy) is 1. The Hall–Kier alpha value is -2.58. The molecule has 2 aromatic rings. The maximum atomic E-state index is 12.3. The van der Waals surface area contributed by atoms with Crippen molar-refractivity contribution in [2.75, 3.05) is 17.2 Å². The molecule has 0 saturated carbocycles. The summed E-state index contributed by atoms with van der Waals surface area (Å²) in [5, 5.41) is 7.35. The Morgan fingerprint density at radius 2 is 2.12 bits per heavy atom. The third kappa shape index (κ3) is 4.28. The number of nitrogens with zero attached hydrogens (tertiary/aromatic N) is 1. The van der Waals surface area contributed by atoms with Crippen molar-refractivity contribution in [3.05, 3.63) is 40.9 Å². The van der Waals surface area contributed by atoms with Gasteiger partial charge in [-0.3, -0.25) is 19.7 Å². The molecule has 1 fully saturated rings. The molecule has 130 valence electrons. The van der Waals surface area contributed by atoms with E-state index < -0.39 is 6.10 Å². The molecule has 0 radical (unpaired) electrons. The largest absolute Gasteiger partial charge is 0.368 e. The van der Waals surface area contributed by atoms with E-state index in [0.717, 1.165) is 6.42 Å². The second-order valence-corrected chi connectivity index (χ2v) is 6.48. The normalized spacial score (nSPS) is 16.4. The van der Waals surface area contributed by atoms with Crippen molar-refractivity contribution in [2.24, 2.45) is 0 Å². The van der Waals surface area contributed by atoms with Crippen molar-refractivity contribution < 1.29 is 19.1 Å². The van der Waals surface area contributed by atoms with Gasteiger partial charge >= 0.3 is 0 Å². The highest BCUT2D eigenvalue weighted by atomic mass is 32.1. The number of benzene rings is 1. The highest BCUT2D eigenvalue weighted by Crippen LogP contribution is 2.19. The van der Waals surface area contributed by atoms with E-state index in [-0.39, 0.29) is 17.6 Å². The van der Waals surface area contributed by atoms with E-state index in [1.165, 1.54) is 18.3 Å². The summed E-state index contributed by atoms with van der Waals surface area (Å²) in [6.45, 7) is 2.01. The fraction of sp³-hybridized carbons (Fsp3) is 0.294. The summed E-state index contributed by atoms with van der Waals surface area (Å²) in [5.74, 6) is -0.727. The molecule has 8 heteroatoms. The maximum absolute atomic E-state index is 12.3. The lowest BCUT2D eigenvalue weighted by Crippen LogP contribution is -2.27. The molecule has 2 N–H and O–H groups in total. The van der Waals surface area contributed by atoms with E-state index in [2.05, 4.69) is 15.6 Å². The predicted molar refractivity (Wildman–Crippen MR) is 94.1 cm³/mol. The average molecular weight is 359 g/mol. The molecule has 1 aliphatic rings. The third-order valence-electron chi connectivity index (χ3n) is 3.70. The Labute approximate surface area is 148 Å². The molecular formula is C17H17N3O4S. The number of anilines is 2. The van der Waals surface area contributed by atoms with Crippen LogP contribution in [0.5, 0.6) is 0 Å². The molecule has 2 amide bonds. The minimum Gasteiger partial charge on any atom is -0.368 e. The standard InChI is InChI=1S/C17H17N3O4S/c1-10(21)13-9-25-17(19-13)20-15(22)11-4-2-5-12(8-11)18-16(23)14-6-3-7-24-14/h2,4-5,8-9,14H,3,6-7H2,1H3,(H,18,23)(H,19,20,22)/t14-/m1/s1. The topological polar surface area (TPSA) is 97.4 Å². The Kier molecular flexibility index (Phi) is 5.20. The van der Waals surface area contributed by atoms with Gasteiger partial charge in [-0.15, -0.1) is 11.3 Å². The quantitative estimate of drug-likeness (QED) is 0.800. The van der Waals surface area contributed by atoms with E-state index >= 15 is 0 Å². The van der Waals surface area contributed by atoms with E-state index in [4.69, 9.17) is 4.74 Å². The van der Waals surface area contributed by atoms with Crippen LogP contribution in [0.2, 0.25) is 0 Å². The van der Waals surface area contributed by atoms with Crippen molar-refractivity contribution in [2.45, 2.75) is 25.9 Å². The van der Waals surface area contributed by atoms with Crippen LogP contribution >= 0.6 is 11.3 Å². The van der Waals surface area contributed by atoms with Gasteiger partial charge in [0.05, 0.1) is 0 Å². The van der Waals surface area contributed by atoms with Gasteiger partial charge in [0.2, 0.25) is 0 Å². The molecule has 2 heterocycles. The summed E-state index contributed by atoms with van der Waals surface area (Å²) >= 11 is 1.18. The summed E-state index contributed by atoms with van der Waals surface area (Å²) < 4.78 is 5.34. The molecule has 0 spiro atoms. The van der Waals surface area contributed by atoms with Crippen LogP contribution < -0.4 is 10.6 Å². The monoisotopic (exact) mass is 359 g/mol.